The highest BCUT2D eigenvalue weighted by Crippen LogP contribution is 2.30. The maximum Gasteiger partial charge on any atom is 0.270 e. The van der Waals surface area contributed by atoms with E-state index in [4.69, 9.17) is 9.26 Å². The van der Waals surface area contributed by atoms with Crippen LogP contribution in [0.3, 0.4) is 0 Å². The number of imidazole rings is 1. The Morgan fingerprint density at radius 2 is 2.16 bits per heavy atom. The first-order valence-corrected chi connectivity index (χ1v) is 8.84. The van der Waals surface area contributed by atoms with E-state index in [0.29, 0.717) is 30.6 Å². The van der Waals surface area contributed by atoms with Gasteiger partial charge in [-0.15, -0.1) is 0 Å². The molecule has 0 saturated carbocycles. The number of hydrogen-bond donors (Lipinski definition) is 2. The van der Waals surface area contributed by atoms with Crippen LogP contribution in [0.25, 0.3) is 0 Å². The lowest BCUT2D eigenvalue weighted by Gasteiger charge is -2.28. The number of aromatic amines is 1. The van der Waals surface area contributed by atoms with Crippen molar-refractivity contribution in [3.8, 4) is 0 Å². The summed E-state index contributed by atoms with van der Waals surface area (Å²) >= 11 is 0. The summed E-state index contributed by atoms with van der Waals surface area (Å²) in [7, 11) is 0. The first-order chi connectivity index (χ1) is 12.1. The molecule has 8 heteroatoms. The summed E-state index contributed by atoms with van der Waals surface area (Å²) in [6, 6.07) is -0.329. The van der Waals surface area contributed by atoms with Crippen molar-refractivity contribution in [3.63, 3.8) is 0 Å². The molecule has 0 aliphatic carbocycles. The molecule has 2 aromatic heterocycles. The zero-order valence-electron chi connectivity index (χ0n) is 14.9. The summed E-state index contributed by atoms with van der Waals surface area (Å²) in [4.78, 5) is 24.4. The fourth-order valence-electron chi connectivity index (χ4n) is 2.91. The van der Waals surface area contributed by atoms with E-state index in [1.807, 2.05) is 20.8 Å². The van der Waals surface area contributed by atoms with Gasteiger partial charge in [-0.05, 0) is 18.8 Å². The highest BCUT2D eigenvalue weighted by molar-refractivity contribution is 5.92. The minimum absolute atomic E-state index is 0.170. The quantitative estimate of drug-likeness (QED) is 0.831. The van der Waals surface area contributed by atoms with Gasteiger partial charge in [-0.2, -0.15) is 4.98 Å². The van der Waals surface area contributed by atoms with E-state index in [1.54, 1.807) is 6.20 Å². The number of aryl methyl sites for hydroxylation is 1. The summed E-state index contributed by atoms with van der Waals surface area (Å²) in [6.45, 7) is 7.34. The number of H-pyrrole nitrogens is 1. The maximum absolute atomic E-state index is 12.6. The lowest BCUT2D eigenvalue weighted by Crippen LogP contribution is -2.36. The minimum atomic E-state index is -0.329. The van der Waals surface area contributed by atoms with Crippen molar-refractivity contribution in [1.82, 2.24) is 25.4 Å². The molecule has 1 aliphatic rings. The molecule has 0 aromatic carbocycles. The van der Waals surface area contributed by atoms with Crippen LogP contribution in [0.15, 0.2) is 10.7 Å². The Bertz CT molecular complexity index is 703. The van der Waals surface area contributed by atoms with Crippen molar-refractivity contribution in [2.24, 2.45) is 5.92 Å². The highest BCUT2D eigenvalue weighted by Gasteiger charge is 2.32. The molecule has 0 spiro atoms. The van der Waals surface area contributed by atoms with Gasteiger partial charge in [-0.1, -0.05) is 25.9 Å². The van der Waals surface area contributed by atoms with Crippen molar-refractivity contribution in [2.75, 3.05) is 13.2 Å². The van der Waals surface area contributed by atoms with Gasteiger partial charge in [0.15, 0.2) is 5.82 Å². The predicted molar refractivity (Wildman–Crippen MR) is 90.1 cm³/mol. The number of hydrogen-bond acceptors (Lipinski definition) is 6. The van der Waals surface area contributed by atoms with Crippen molar-refractivity contribution < 1.29 is 14.1 Å². The van der Waals surface area contributed by atoms with Gasteiger partial charge in [0.05, 0.1) is 6.20 Å². The van der Waals surface area contributed by atoms with Gasteiger partial charge < -0.3 is 19.6 Å². The Morgan fingerprint density at radius 3 is 2.76 bits per heavy atom. The molecule has 3 rings (SSSR count). The van der Waals surface area contributed by atoms with Gasteiger partial charge in [0.25, 0.3) is 5.91 Å². The number of carbonyl (C=O) groups is 1. The van der Waals surface area contributed by atoms with E-state index < -0.39 is 0 Å². The molecule has 1 saturated heterocycles. The molecule has 2 aromatic rings. The Labute approximate surface area is 146 Å². The molecule has 1 aliphatic heterocycles. The third-order valence-corrected chi connectivity index (χ3v) is 4.47. The smallest absolute Gasteiger partial charge is 0.270 e. The zero-order chi connectivity index (χ0) is 17.8. The second-order valence-electron chi connectivity index (χ2n) is 6.64. The predicted octanol–water partition coefficient (Wildman–Crippen LogP) is 2.38. The zero-order valence-corrected chi connectivity index (χ0v) is 14.9. The van der Waals surface area contributed by atoms with Gasteiger partial charge >= 0.3 is 0 Å². The number of aromatic nitrogens is 4. The third kappa shape index (κ3) is 4.07. The topological polar surface area (TPSA) is 106 Å². The van der Waals surface area contributed by atoms with Crippen LogP contribution in [0.5, 0.6) is 0 Å². The number of ether oxygens (including phenoxy) is 1. The van der Waals surface area contributed by atoms with E-state index in [2.05, 4.69) is 25.4 Å². The van der Waals surface area contributed by atoms with Gasteiger partial charge in [0.1, 0.15) is 17.6 Å². The number of amides is 1. The van der Waals surface area contributed by atoms with Crippen LogP contribution in [-0.2, 0) is 11.2 Å². The Kier molecular flexibility index (Phi) is 5.47. The van der Waals surface area contributed by atoms with Crippen LogP contribution in [0.4, 0.5) is 0 Å². The monoisotopic (exact) mass is 347 g/mol. The van der Waals surface area contributed by atoms with Crippen LogP contribution in [-0.4, -0.2) is 39.2 Å². The first kappa shape index (κ1) is 17.6. The molecule has 0 bridgehead atoms. The Hall–Kier alpha value is -2.22. The van der Waals surface area contributed by atoms with Gasteiger partial charge in [-0.25, -0.2) is 4.98 Å². The fraction of sp³-hybridized carbons (Fsp3) is 0.647. The first-order valence-electron chi connectivity index (χ1n) is 8.84. The molecule has 2 N–H and O–H groups in total. The lowest BCUT2D eigenvalue weighted by atomic mass is 9.91. The molecule has 1 fully saturated rings. The summed E-state index contributed by atoms with van der Waals surface area (Å²) in [5.41, 5.74) is 0.442. The second kappa shape index (κ2) is 7.77. The molecule has 25 heavy (non-hydrogen) atoms. The molecule has 8 nitrogen and oxygen atoms in total. The molecular weight excluding hydrogens is 322 g/mol. The highest BCUT2D eigenvalue weighted by atomic mass is 16.5. The SMILES string of the molecule is CCc1ncc(C(=O)N[C@@H](c2nc(C(C)C)no2)C2CCOCC2)[nH]1. The fourth-order valence-corrected chi connectivity index (χ4v) is 2.91. The van der Waals surface area contributed by atoms with Crippen LogP contribution in [0.1, 0.15) is 73.6 Å². The molecular formula is C17H25N5O3. The molecule has 0 unspecified atom stereocenters. The largest absolute Gasteiger partial charge is 0.381 e. The third-order valence-electron chi connectivity index (χ3n) is 4.47. The summed E-state index contributed by atoms with van der Waals surface area (Å²) in [6.07, 6.45) is 3.99. The van der Waals surface area contributed by atoms with Crippen LogP contribution in [0.2, 0.25) is 0 Å². The van der Waals surface area contributed by atoms with Gasteiger partial charge in [-0.3, -0.25) is 4.79 Å². The van der Waals surface area contributed by atoms with Crippen LogP contribution < -0.4 is 5.32 Å². The second-order valence-corrected chi connectivity index (χ2v) is 6.64. The van der Waals surface area contributed by atoms with Crippen molar-refractivity contribution in [3.05, 3.63) is 29.4 Å². The summed E-state index contributed by atoms with van der Waals surface area (Å²) in [5, 5.41) is 7.09. The van der Waals surface area contributed by atoms with Crippen LogP contribution >= 0.6 is 0 Å². The molecule has 3 heterocycles. The number of nitrogens with one attached hydrogen (secondary N) is 2. The van der Waals surface area contributed by atoms with E-state index in [9.17, 15) is 4.79 Å². The van der Waals surface area contributed by atoms with E-state index in [0.717, 1.165) is 25.1 Å². The Balaban J connectivity index is 1.81. The molecule has 136 valence electrons. The average Bonchev–Trinajstić information content (AvgIpc) is 3.29. The number of nitrogens with zero attached hydrogens (tertiary/aromatic N) is 3. The standard InChI is InChI=1S/C17H25N5O3/c1-4-13-18-9-12(19-13)16(23)20-14(11-5-7-24-8-6-11)17-21-15(10(2)3)22-25-17/h9-11,14H,4-8H2,1-3H3,(H,18,19)(H,20,23)/t14-/m1/s1. The average molecular weight is 347 g/mol. The van der Waals surface area contributed by atoms with Crippen molar-refractivity contribution >= 4 is 5.91 Å². The molecule has 1 amide bonds. The minimum Gasteiger partial charge on any atom is -0.381 e. The normalized spacial score (nSPS) is 17.0. The summed E-state index contributed by atoms with van der Waals surface area (Å²) < 4.78 is 10.9. The lowest BCUT2D eigenvalue weighted by molar-refractivity contribution is 0.0467. The number of rotatable bonds is 6. The van der Waals surface area contributed by atoms with Crippen LogP contribution in [0, 0.1) is 5.92 Å². The number of carbonyl (C=O) groups excluding carboxylic acids is 1. The Morgan fingerprint density at radius 1 is 1.40 bits per heavy atom. The van der Waals surface area contributed by atoms with E-state index in [1.165, 1.54) is 0 Å². The van der Waals surface area contributed by atoms with Gasteiger partial charge in [0, 0.05) is 25.6 Å². The molecule has 1 atom stereocenters. The summed E-state index contributed by atoms with van der Waals surface area (Å²) in [5.74, 6) is 2.05. The van der Waals surface area contributed by atoms with E-state index >= 15 is 0 Å². The van der Waals surface area contributed by atoms with E-state index in [-0.39, 0.29) is 23.8 Å². The molecule has 0 radical (unpaired) electrons. The van der Waals surface area contributed by atoms with Crippen molar-refractivity contribution in [2.45, 2.75) is 52.0 Å². The van der Waals surface area contributed by atoms with Crippen molar-refractivity contribution in [1.29, 1.82) is 0 Å². The van der Waals surface area contributed by atoms with Gasteiger partial charge in [0.2, 0.25) is 5.89 Å². The maximum atomic E-state index is 12.6.